The molecule has 0 heterocycles. The Morgan fingerprint density at radius 2 is 1.76 bits per heavy atom. The van der Waals surface area contributed by atoms with Crippen LogP contribution in [0.4, 0.5) is 0 Å². The quantitative estimate of drug-likeness (QED) is 0.677. The van der Waals surface area contributed by atoms with Crippen LogP contribution < -0.4 is 4.74 Å². The molecular formula is C14H16Cl4O3. The summed E-state index contributed by atoms with van der Waals surface area (Å²) >= 11 is 23.0. The number of ether oxygens (including phenoxy) is 2. The molecule has 7 heteroatoms. The molecule has 0 spiro atoms. The molecule has 1 aromatic carbocycles. The molecule has 2 atom stereocenters. The Labute approximate surface area is 144 Å². The molecule has 0 radical (unpaired) electrons. The highest BCUT2D eigenvalue weighted by Crippen LogP contribution is 2.37. The monoisotopic (exact) mass is 372 g/mol. The molecule has 0 fully saturated rings. The van der Waals surface area contributed by atoms with Crippen LogP contribution in [0.25, 0.3) is 0 Å². The van der Waals surface area contributed by atoms with Crippen molar-refractivity contribution >= 4 is 46.4 Å². The second-order valence-electron chi connectivity index (χ2n) is 4.54. The van der Waals surface area contributed by atoms with E-state index in [0.717, 1.165) is 0 Å². The molecule has 21 heavy (non-hydrogen) atoms. The molecule has 0 saturated carbocycles. The minimum absolute atomic E-state index is 0.00792. The van der Waals surface area contributed by atoms with Crippen molar-refractivity contribution in [3.63, 3.8) is 0 Å². The lowest BCUT2D eigenvalue weighted by Crippen LogP contribution is -2.21. The van der Waals surface area contributed by atoms with E-state index in [-0.39, 0.29) is 32.5 Å². The molecule has 0 aliphatic heterocycles. The summed E-state index contributed by atoms with van der Waals surface area (Å²) in [6.07, 6.45) is 1.97. The topological polar surface area (TPSA) is 38.7 Å². The van der Waals surface area contributed by atoms with Crippen molar-refractivity contribution < 1.29 is 14.6 Å². The van der Waals surface area contributed by atoms with Crippen molar-refractivity contribution in [2.45, 2.75) is 32.5 Å². The minimum atomic E-state index is -0.171. The lowest BCUT2D eigenvalue weighted by atomic mass is 10.2. The normalized spacial score (nSPS) is 13.6. The highest BCUT2D eigenvalue weighted by molar-refractivity contribution is 6.55. The first kappa shape index (κ1) is 18.7. The van der Waals surface area contributed by atoms with Gasteiger partial charge in [0.25, 0.3) is 0 Å². The molecule has 0 amide bonds. The van der Waals surface area contributed by atoms with Crippen molar-refractivity contribution in [1.82, 2.24) is 0 Å². The molecule has 118 valence electrons. The lowest BCUT2D eigenvalue weighted by Gasteiger charge is -2.20. The zero-order valence-electron chi connectivity index (χ0n) is 11.6. The second kappa shape index (κ2) is 8.96. The number of benzene rings is 1. The van der Waals surface area contributed by atoms with Crippen LogP contribution in [0.15, 0.2) is 22.7 Å². The van der Waals surface area contributed by atoms with Crippen LogP contribution in [0, 0.1) is 0 Å². The molecule has 0 aliphatic carbocycles. The van der Waals surface area contributed by atoms with Crippen molar-refractivity contribution in [3.8, 4) is 11.5 Å². The zero-order chi connectivity index (χ0) is 16.0. The number of hydrogen-bond donors (Lipinski definition) is 1. The molecule has 3 nitrogen and oxygen atoms in total. The van der Waals surface area contributed by atoms with Gasteiger partial charge < -0.3 is 14.6 Å². The van der Waals surface area contributed by atoms with Gasteiger partial charge in [-0.1, -0.05) is 46.4 Å². The Bertz CT molecular complexity index is 478. The molecule has 2 unspecified atom stereocenters. The maximum Gasteiger partial charge on any atom is 0.157 e. The summed E-state index contributed by atoms with van der Waals surface area (Å²) in [7, 11) is 0. The molecule has 0 aromatic heterocycles. The zero-order valence-corrected chi connectivity index (χ0v) is 14.6. The van der Waals surface area contributed by atoms with Gasteiger partial charge in [-0.2, -0.15) is 0 Å². The SMILES string of the molecule is CC(CC(C)Oc1c(Cl)cc(O)cc1Cl)OCC=C(Cl)Cl. The Balaban J connectivity index is 2.54. The Kier molecular flexibility index (Phi) is 7.99. The van der Waals surface area contributed by atoms with Crippen molar-refractivity contribution in [2.24, 2.45) is 0 Å². The van der Waals surface area contributed by atoms with Gasteiger partial charge in [0.1, 0.15) is 10.2 Å². The van der Waals surface area contributed by atoms with Gasteiger partial charge in [0.2, 0.25) is 0 Å². The summed E-state index contributed by atoms with van der Waals surface area (Å²) in [4.78, 5) is 0. The van der Waals surface area contributed by atoms with E-state index >= 15 is 0 Å². The molecule has 1 N–H and O–H groups in total. The fourth-order valence-corrected chi connectivity index (χ4v) is 2.41. The van der Waals surface area contributed by atoms with E-state index < -0.39 is 0 Å². The average molecular weight is 374 g/mol. The summed E-state index contributed by atoms with van der Waals surface area (Å²) in [5.74, 6) is 0.339. The third kappa shape index (κ3) is 6.98. The Morgan fingerprint density at radius 3 is 2.29 bits per heavy atom. The van der Waals surface area contributed by atoms with Crippen LogP contribution in [0.3, 0.4) is 0 Å². The van der Waals surface area contributed by atoms with E-state index in [4.69, 9.17) is 55.9 Å². The van der Waals surface area contributed by atoms with E-state index in [2.05, 4.69) is 0 Å². The number of aromatic hydroxyl groups is 1. The predicted octanol–water partition coefficient (Wildman–Crippen LogP) is 5.58. The van der Waals surface area contributed by atoms with Crippen LogP contribution >= 0.6 is 46.4 Å². The number of rotatable bonds is 7. The number of hydrogen-bond acceptors (Lipinski definition) is 3. The Morgan fingerprint density at radius 1 is 1.19 bits per heavy atom. The van der Waals surface area contributed by atoms with E-state index in [1.165, 1.54) is 12.1 Å². The number of phenolic OH excluding ortho intramolecular Hbond substituents is 1. The fourth-order valence-electron chi connectivity index (χ4n) is 1.72. The van der Waals surface area contributed by atoms with Crippen molar-refractivity contribution in [1.29, 1.82) is 0 Å². The summed E-state index contributed by atoms with van der Waals surface area (Å²) in [6, 6.07) is 2.76. The summed E-state index contributed by atoms with van der Waals surface area (Å²) in [5, 5.41) is 9.89. The maximum atomic E-state index is 9.37. The summed E-state index contributed by atoms with van der Waals surface area (Å²) in [5.41, 5.74) is 0. The second-order valence-corrected chi connectivity index (χ2v) is 6.36. The van der Waals surface area contributed by atoms with Crippen molar-refractivity contribution in [2.75, 3.05) is 6.61 Å². The van der Waals surface area contributed by atoms with Crippen LogP contribution in [-0.2, 0) is 4.74 Å². The average Bonchev–Trinajstić information content (AvgIpc) is 2.33. The van der Waals surface area contributed by atoms with Gasteiger partial charge in [-0.15, -0.1) is 0 Å². The third-order valence-electron chi connectivity index (χ3n) is 2.58. The lowest BCUT2D eigenvalue weighted by molar-refractivity contribution is 0.0511. The van der Waals surface area contributed by atoms with Gasteiger partial charge in [-0.25, -0.2) is 0 Å². The standard InChI is InChI=1S/C14H16Cl4O3/c1-8(20-4-3-13(17)18)5-9(2)21-14-11(15)6-10(19)7-12(14)16/h3,6-9,19H,4-5H2,1-2H3. The highest BCUT2D eigenvalue weighted by Gasteiger charge is 2.15. The predicted molar refractivity (Wildman–Crippen MR) is 88.0 cm³/mol. The number of halogens is 4. The van der Waals surface area contributed by atoms with E-state index in [1.807, 2.05) is 13.8 Å². The fraction of sp³-hybridized carbons (Fsp3) is 0.429. The van der Waals surface area contributed by atoms with Gasteiger partial charge in [-0.05, 0) is 19.9 Å². The highest BCUT2D eigenvalue weighted by atomic mass is 35.5. The first-order valence-electron chi connectivity index (χ1n) is 6.27. The third-order valence-corrected chi connectivity index (χ3v) is 3.45. The van der Waals surface area contributed by atoms with Crippen LogP contribution in [0.2, 0.25) is 10.0 Å². The molecule has 1 rings (SSSR count). The molecule has 0 saturated heterocycles. The largest absolute Gasteiger partial charge is 0.508 e. The van der Waals surface area contributed by atoms with Gasteiger partial charge in [0.05, 0.1) is 28.9 Å². The molecular weight excluding hydrogens is 358 g/mol. The smallest absolute Gasteiger partial charge is 0.157 e. The molecule has 0 aliphatic rings. The van der Waals surface area contributed by atoms with Crippen molar-refractivity contribution in [3.05, 3.63) is 32.7 Å². The minimum Gasteiger partial charge on any atom is -0.508 e. The molecule has 0 bridgehead atoms. The van der Waals surface area contributed by atoms with Gasteiger partial charge in [-0.3, -0.25) is 0 Å². The maximum absolute atomic E-state index is 9.37. The van der Waals surface area contributed by atoms with Crippen LogP contribution in [0.5, 0.6) is 11.5 Å². The first-order chi connectivity index (χ1) is 9.79. The molecule has 1 aromatic rings. The van der Waals surface area contributed by atoms with Gasteiger partial charge in [0, 0.05) is 18.6 Å². The van der Waals surface area contributed by atoms with Gasteiger partial charge >= 0.3 is 0 Å². The summed E-state index contributed by atoms with van der Waals surface area (Å²) < 4.78 is 11.4. The first-order valence-corrected chi connectivity index (χ1v) is 7.78. The van der Waals surface area contributed by atoms with Crippen LogP contribution in [0.1, 0.15) is 20.3 Å². The van der Waals surface area contributed by atoms with E-state index in [0.29, 0.717) is 18.8 Å². The van der Waals surface area contributed by atoms with E-state index in [9.17, 15) is 5.11 Å². The van der Waals surface area contributed by atoms with E-state index in [1.54, 1.807) is 6.08 Å². The Hall–Kier alpha value is -0.320. The summed E-state index contributed by atoms with van der Waals surface area (Å²) in [6.45, 7) is 4.12. The van der Waals surface area contributed by atoms with Gasteiger partial charge in [0.15, 0.2) is 5.75 Å². The number of phenols is 1. The van der Waals surface area contributed by atoms with Crippen LogP contribution in [-0.4, -0.2) is 23.9 Å².